The molecule has 0 amide bonds. The van der Waals surface area contributed by atoms with E-state index >= 15 is 0 Å². The van der Waals surface area contributed by atoms with E-state index in [2.05, 4.69) is 0 Å². The van der Waals surface area contributed by atoms with E-state index in [4.69, 9.17) is 10.5 Å². The first-order chi connectivity index (χ1) is 6.89. The highest BCUT2D eigenvalue weighted by Gasteiger charge is 2.35. The van der Waals surface area contributed by atoms with Gasteiger partial charge in [-0.3, -0.25) is 0 Å². The van der Waals surface area contributed by atoms with Crippen LogP contribution in [0.4, 0.5) is 0 Å². The van der Waals surface area contributed by atoms with E-state index in [0.717, 1.165) is 12.8 Å². The van der Waals surface area contributed by atoms with Gasteiger partial charge in [-0.1, -0.05) is 0 Å². The van der Waals surface area contributed by atoms with Crippen LogP contribution in [-0.4, -0.2) is 38.7 Å². The van der Waals surface area contributed by atoms with Crippen LogP contribution < -0.4 is 5.73 Å². The minimum absolute atomic E-state index is 0.179. The van der Waals surface area contributed by atoms with Crippen molar-refractivity contribution in [3.8, 4) is 0 Å². The molecular formula is C10H21NO3S. The van der Waals surface area contributed by atoms with E-state index in [9.17, 15) is 8.42 Å². The van der Waals surface area contributed by atoms with Crippen LogP contribution in [0.1, 0.15) is 26.7 Å². The molecule has 5 heteroatoms. The van der Waals surface area contributed by atoms with Gasteiger partial charge in [-0.2, -0.15) is 0 Å². The van der Waals surface area contributed by atoms with Crippen molar-refractivity contribution in [2.24, 2.45) is 11.7 Å². The monoisotopic (exact) mass is 235 g/mol. The maximum atomic E-state index is 12.0. The summed E-state index contributed by atoms with van der Waals surface area (Å²) in [5.41, 5.74) is 5.49. The molecule has 0 unspecified atom stereocenters. The molecule has 0 bridgehead atoms. The quantitative estimate of drug-likeness (QED) is 0.773. The Hall–Kier alpha value is -0.130. The highest BCUT2D eigenvalue weighted by Crippen LogP contribution is 2.23. The van der Waals surface area contributed by atoms with Gasteiger partial charge in [0, 0.05) is 19.8 Å². The second kappa shape index (κ2) is 4.80. The molecule has 0 aromatic rings. The Morgan fingerprint density at radius 3 is 2.33 bits per heavy atom. The number of hydrogen-bond donors (Lipinski definition) is 1. The van der Waals surface area contributed by atoms with Gasteiger partial charge in [-0.05, 0) is 32.6 Å². The normalized spacial score (nSPS) is 20.5. The third-order valence-corrected chi connectivity index (χ3v) is 5.89. The lowest BCUT2D eigenvalue weighted by atomic mass is 10.0. The smallest absolute Gasteiger partial charge is 0.156 e. The summed E-state index contributed by atoms with van der Waals surface area (Å²) in [5.74, 6) is 0.496. The first kappa shape index (κ1) is 12.9. The van der Waals surface area contributed by atoms with Crippen molar-refractivity contribution >= 4 is 9.84 Å². The molecule has 0 aliphatic carbocycles. The van der Waals surface area contributed by atoms with E-state index in [1.807, 2.05) is 0 Å². The van der Waals surface area contributed by atoms with Crippen molar-refractivity contribution < 1.29 is 13.2 Å². The zero-order chi connectivity index (χ0) is 11.5. The van der Waals surface area contributed by atoms with Crippen molar-refractivity contribution in [2.75, 3.05) is 25.5 Å². The first-order valence-electron chi connectivity index (χ1n) is 5.39. The number of hydrogen-bond acceptors (Lipinski definition) is 4. The Labute approximate surface area is 92.1 Å². The molecule has 0 atom stereocenters. The van der Waals surface area contributed by atoms with E-state index in [0.29, 0.717) is 13.2 Å². The van der Waals surface area contributed by atoms with Crippen LogP contribution in [0.15, 0.2) is 0 Å². The third kappa shape index (κ3) is 3.16. The molecule has 1 saturated heterocycles. The van der Waals surface area contributed by atoms with Crippen molar-refractivity contribution in [3.05, 3.63) is 0 Å². The number of nitrogens with two attached hydrogens (primary N) is 1. The molecule has 1 fully saturated rings. The van der Waals surface area contributed by atoms with Gasteiger partial charge in [0.05, 0.1) is 10.5 Å². The Morgan fingerprint density at radius 2 is 1.87 bits per heavy atom. The summed E-state index contributed by atoms with van der Waals surface area (Å²) in [7, 11) is -3.09. The van der Waals surface area contributed by atoms with Gasteiger partial charge in [0.15, 0.2) is 9.84 Å². The summed E-state index contributed by atoms with van der Waals surface area (Å²) in [6.07, 6.45) is 1.69. The number of sulfone groups is 1. The summed E-state index contributed by atoms with van der Waals surface area (Å²) in [6.45, 7) is 4.94. The lowest BCUT2D eigenvalue weighted by Crippen LogP contribution is -2.43. The van der Waals surface area contributed by atoms with Crippen molar-refractivity contribution in [1.82, 2.24) is 0 Å². The molecule has 4 nitrogen and oxygen atoms in total. The Morgan fingerprint density at radius 1 is 1.33 bits per heavy atom. The van der Waals surface area contributed by atoms with Crippen LogP contribution in [0, 0.1) is 5.92 Å². The van der Waals surface area contributed by atoms with Crippen LogP contribution in [0.3, 0.4) is 0 Å². The molecule has 15 heavy (non-hydrogen) atoms. The van der Waals surface area contributed by atoms with Crippen LogP contribution in [0.2, 0.25) is 0 Å². The summed E-state index contributed by atoms with van der Waals surface area (Å²) in [5, 5.41) is 0. The first-order valence-corrected chi connectivity index (χ1v) is 7.04. The van der Waals surface area contributed by atoms with Gasteiger partial charge < -0.3 is 10.5 Å². The molecule has 1 heterocycles. The summed E-state index contributed by atoms with van der Waals surface area (Å²) < 4.78 is 28.5. The predicted molar refractivity (Wildman–Crippen MR) is 60.5 cm³/mol. The fraction of sp³-hybridized carbons (Fsp3) is 1.00. The fourth-order valence-electron chi connectivity index (χ4n) is 1.58. The van der Waals surface area contributed by atoms with E-state index in [-0.39, 0.29) is 18.2 Å². The van der Waals surface area contributed by atoms with Gasteiger partial charge in [0.1, 0.15) is 0 Å². The number of ether oxygens (including phenoxy) is 1. The average molecular weight is 235 g/mol. The van der Waals surface area contributed by atoms with Crippen LogP contribution in [0.5, 0.6) is 0 Å². The second-order valence-electron chi connectivity index (χ2n) is 4.80. The third-order valence-electron chi connectivity index (χ3n) is 3.13. The fourth-order valence-corrected chi connectivity index (χ4v) is 3.23. The Bertz CT molecular complexity index is 292. The lowest BCUT2D eigenvalue weighted by Gasteiger charge is -2.28. The molecule has 2 N–H and O–H groups in total. The second-order valence-corrected chi connectivity index (χ2v) is 7.47. The maximum Gasteiger partial charge on any atom is 0.156 e. The van der Waals surface area contributed by atoms with Crippen LogP contribution >= 0.6 is 0 Å². The van der Waals surface area contributed by atoms with Gasteiger partial charge in [-0.25, -0.2) is 8.42 Å². The molecular weight excluding hydrogens is 214 g/mol. The Balaban J connectivity index is 2.63. The van der Waals surface area contributed by atoms with Gasteiger partial charge in [-0.15, -0.1) is 0 Å². The van der Waals surface area contributed by atoms with Crippen molar-refractivity contribution in [3.63, 3.8) is 0 Å². The van der Waals surface area contributed by atoms with E-state index in [1.54, 1.807) is 13.8 Å². The van der Waals surface area contributed by atoms with Gasteiger partial charge in [0.2, 0.25) is 0 Å². The van der Waals surface area contributed by atoms with Gasteiger partial charge in [0.25, 0.3) is 0 Å². The SMILES string of the molecule is CC(C)(CN)S(=O)(=O)CC1CCOCC1. The van der Waals surface area contributed by atoms with Crippen molar-refractivity contribution in [1.29, 1.82) is 0 Å². The highest BCUT2D eigenvalue weighted by atomic mass is 32.2. The minimum Gasteiger partial charge on any atom is -0.381 e. The standard InChI is InChI=1S/C10H21NO3S/c1-10(2,8-11)15(12,13)7-9-3-5-14-6-4-9/h9H,3-8,11H2,1-2H3. The molecule has 1 aliphatic rings. The van der Waals surface area contributed by atoms with Crippen LogP contribution in [0.25, 0.3) is 0 Å². The molecule has 0 saturated carbocycles. The molecule has 0 spiro atoms. The molecule has 1 rings (SSSR count). The molecule has 0 radical (unpaired) electrons. The predicted octanol–water partition coefficient (Wildman–Crippen LogP) is 0.565. The van der Waals surface area contributed by atoms with Gasteiger partial charge >= 0.3 is 0 Å². The van der Waals surface area contributed by atoms with Crippen LogP contribution in [-0.2, 0) is 14.6 Å². The lowest BCUT2D eigenvalue weighted by molar-refractivity contribution is 0.0722. The van der Waals surface area contributed by atoms with E-state index in [1.165, 1.54) is 0 Å². The largest absolute Gasteiger partial charge is 0.381 e. The topological polar surface area (TPSA) is 69.4 Å². The molecule has 1 aliphatic heterocycles. The summed E-state index contributed by atoms with van der Waals surface area (Å²) in [6, 6.07) is 0. The average Bonchev–Trinajstić information content (AvgIpc) is 2.18. The molecule has 0 aromatic carbocycles. The molecule has 0 aromatic heterocycles. The zero-order valence-electron chi connectivity index (χ0n) is 9.53. The summed E-state index contributed by atoms with van der Waals surface area (Å²) >= 11 is 0. The van der Waals surface area contributed by atoms with E-state index < -0.39 is 14.6 Å². The Kier molecular flexibility index (Phi) is 4.14. The summed E-state index contributed by atoms with van der Waals surface area (Å²) in [4.78, 5) is 0. The molecule has 90 valence electrons. The highest BCUT2D eigenvalue weighted by molar-refractivity contribution is 7.92. The minimum atomic E-state index is -3.09. The zero-order valence-corrected chi connectivity index (χ0v) is 10.3. The van der Waals surface area contributed by atoms with Crippen molar-refractivity contribution in [2.45, 2.75) is 31.4 Å². The maximum absolute atomic E-state index is 12.0. The number of rotatable bonds is 4.